The molecule has 0 fully saturated rings. The van der Waals surface area contributed by atoms with Crippen molar-refractivity contribution in [3.05, 3.63) is 53.1 Å². The Morgan fingerprint density at radius 2 is 1.92 bits per heavy atom. The standard InChI is InChI=1S/C19H20N2O2S/c1-11(2)23-15-7-5-6-14(10-15)18(22)21-19-20-16-12(3)8-9-13(4)17(16)24-19/h5-11H,1-4H3,(H,20,21,22). The fourth-order valence-corrected chi connectivity index (χ4v) is 3.47. The van der Waals surface area contributed by atoms with Gasteiger partial charge in [0.1, 0.15) is 5.75 Å². The summed E-state index contributed by atoms with van der Waals surface area (Å²) < 4.78 is 6.75. The minimum Gasteiger partial charge on any atom is -0.491 e. The molecule has 5 heteroatoms. The number of hydrogen-bond donors (Lipinski definition) is 1. The highest BCUT2D eigenvalue weighted by molar-refractivity contribution is 7.22. The van der Waals surface area contributed by atoms with Crippen molar-refractivity contribution in [3.8, 4) is 5.75 Å². The van der Waals surface area contributed by atoms with E-state index in [2.05, 4.69) is 29.4 Å². The molecule has 1 amide bonds. The van der Waals surface area contributed by atoms with E-state index >= 15 is 0 Å². The first-order chi connectivity index (χ1) is 11.4. The molecule has 2 aromatic carbocycles. The number of carbonyl (C=O) groups excluding carboxylic acids is 1. The number of hydrogen-bond acceptors (Lipinski definition) is 4. The van der Waals surface area contributed by atoms with Crippen LogP contribution in [0.15, 0.2) is 36.4 Å². The van der Waals surface area contributed by atoms with Crippen molar-refractivity contribution >= 4 is 32.6 Å². The largest absolute Gasteiger partial charge is 0.491 e. The van der Waals surface area contributed by atoms with E-state index < -0.39 is 0 Å². The first-order valence-electron chi connectivity index (χ1n) is 7.89. The molecule has 24 heavy (non-hydrogen) atoms. The van der Waals surface area contributed by atoms with E-state index in [4.69, 9.17) is 4.74 Å². The van der Waals surface area contributed by atoms with Crippen LogP contribution < -0.4 is 10.1 Å². The van der Waals surface area contributed by atoms with Crippen LogP contribution in [0.5, 0.6) is 5.75 Å². The fourth-order valence-electron chi connectivity index (χ4n) is 2.46. The Morgan fingerprint density at radius 1 is 1.17 bits per heavy atom. The predicted molar refractivity (Wildman–Crippen MR) is 99.3 cm³/mol. The number of anilines is 1. The summed E-state index contributed by atoms with van der Waals surface area (Å²) in [6.45, 7) is 8.00. The molecule has 0 bridgehead atoms. The van der Waals surface area contributed by atoms with Crippen LogP contribution in [0.4, 0.5) is 5.13 Å². The second-order valence-electron chi connectivity index (χ2n) is 6.04. The molecule has 3 aromatic rings. The highest BCUT2D eigenvalue weighted by Crippen LogP contribution is 2.31. The number of thiazole rings is 1. The topological polar surface area (TPSA) is 51.2 Å². The maximum absolute atomic E-state index is 12.5. The SMILES string of the molecule is Cc1ccc(C)c2sc(NC(=O)c3cccc(OC(C)C)c3)nc12. The number of fused-ring (bicyclic) bond motifs is 1. The summed E-state index contributed by atoms with van der Waals surface area (Å²) in [5.41, 5.74) is 3.79. The third kappa shape index (κ3) is 3.41. The van der Waals surface area contributed by atoms with E-state index in [0.717, 1.165) is 15.8 Å². The monoisotopic (exact) mass is 340 g/mol. The molecule has 0 radical (unpaired) electrons. The number of benzene rings is 2. The third-order valence-electron chi connectivity index (χ3n) is 3.63. The van der Waals surface area contributed by atoms with Gasteiger partial charge in [-0.1, -0.05) is 29.5 Å². The Morgan fingerprint density at radius 3 is 2.62 bits per heavy atom. The van der Waals surface area contributed by atoms with E-state index in [0.29, 0.717) is 16.4 Å². The van der Waals surface area contributed by atoms with Crippen molar-refractivity contribution in [1.82, 2.24) is 4.98 Å². The molecule has 1 N–H and O–H groups in total. The summed E-state index contributed by atoms with van der Waals surface area (Å²) in [5.74, 6) is 0.507. The molecule has 0 spiro atoms. The molecule has 0 aliphatic rings. The van der Waals surface area contributed by atoms with Crippen LogP contribution in [0.2, 0.25) is 0 Å². The smallest absolute Gasteiger partial charge is 0.257 e. The molecular formula is C19H20N2O2S. The third-order valence-corrected chi connectivity index (χ3v) is 4.74. The van der Waals surface area contributed by atoms with Gasteiger partial charge in [0.05, 0.1) is 16.3 Å². The van der Waals surface area contributed by atoms with Gasteiger partial charge in [-0.15, -0.1) is 0 Å². The molecule has 1 heterocycles. The number of nitrogens with one attached hydrogen (secondary N) is 1. The number of aryl methyl sites for hydroxylation is 2. The summed E-state index contributed by atoms with van der Waals surface area (Å²) in [7, 11) is 0. The minimum atomic E-state index is -0.182. The lowest BCUT2D eigenvalue weighted by molar-refractivity contribution is 0.102. The highest BCUT2D eigenvalue weighted by atomic mass is 32.1. The molecule has 0 saturated carbocycles. The van der Waals surface area contributed by atoms with Crippen LogP contribution in [0.3, 0.4) is 0 Å². The number of nitrogens with zero attached hydrogens (tertiary/aromatic N) is 1. The van der Waals surface area contributed by atoms with Crippen molar-refractivity contribution in [2.45, 2.75) is 33.8 Å². The Labute approximate surface area is 145 Å². The Balaban J connectivity index is 1.85. The normalized spacial score (nSPS) is 11.0. The van der Waals surface area contributed by atoms with Crippen LogP contribution in [0, 0.1) is 13.8 Å². The van der Waals surface area contributed by atoms with E-state index in [1.807, 2.05) is 32.9 Å². The Hall–Kier alpha value is -2.40. The highest BCUT2D eigenvalue weighted by Gasteiger charge is 2.13. The number of carbonyl (C=O) groups is 1. The average Bonchev–Trinajstić information content (AvgIpc) is 2.96. The van der Waals surface area contributed by atoms with E-state index in [-0.39, 0.29) is 12.0 Å². The second kappa shape index (κ2) is 6.61. The van der Waals surface area contributed by atoms with Gasteiger partial charge in [-0.3, -0.25) is 10.1 Å². The van der Waals surface area contributed by atoms with Gasteiger partial charge in [0.15, 0.2) is 5.13 Å². The summed E-state index contributed by atoms with van der Waals surface area (Å²) in [4.78, 5) is 17.1. The summed E-state index contributed by atoms with van der Waals surface area (Å²) in [5, 5.41) is 3.51. The first-order valence-corrected chi connectivity index (χ1v) is 8.70. The van der Waals surface area contributed by atoms with E-state index in [1.165, 1.54) is 16.9 Å². The number of aromatic nitrogens is 1. The van der Waals surface area contributed by atoms with Gasteiger partial charge < -0.3 is 4.74 Å². The molecule has 1 aromatic heterocycles. The van der Waals surface area contributed by atoms with Gasteiger partial charge >= 0.3 is 0 Å². The second-order valence-corrected chi connectivity index (χ2v) is 7.04. The zero-order valence-corrected chi connectivity index (χ0v) is 15.0. The van der Waals surface area contributed by atoms with Crippen molar-refractivity contribution in [2.75, 3.05) is 5.32 Å². The molecular weight excluding hydrogens is 320 g/mol. The lowest BCUT2D eigenvalue weighted by Gasteiger charge is -2.10. The van der Waals surface area contributed by atoms with Crippen LogP contribution in [0.1, 0.15) is 35.3 Å². The number of ether oxygens (including phenoxy) is 1. The average molecular weight is 340 g/mol. The zero-order chi connectivity index (χ0) is 17.3. The minimum absolute atomic E-state index is 0.0681. The number of amides is 1. The van der Waals surface area contributed by atoms with Crippen molar-refractivity contribution in [2.24, 2.45) is 0 Å². The Kier molecular flexibility index (Phi) is 4.53. The predicted octanol–water partition coefficient (Wildman–Crippen LogP) is 4.95. The van der Waals surface area contributed by atoms with Crippen LogP contribution in [-0.4, -0.2) is 17.0 Å². The Bertz CT molecular complexity index is 861. The molecule has 0 aliphatic heterocycles. The van der Waals surface area contributed by atoms with E-state index in [9.17, 15) is 4.79 Å². The summed E-state index contributed by atoms with van der Waals surface area (Å²) in [6, 6.07) is 11.3. The van der Waals surface area contributed by atoms with Gasteiger partial charge in [-0.05, 0) is 57.0 Å². The quantitative estimate of drug-likeness (QED) is 0.731. The molecule has 0 aliphatic carbocycles. The zero-order valence-electron chi connectivity index (χ0n) is 14.2. The van der Waals surface area contributed by atoms with Gasteiger partial charge in [-0.25, -0.2) is 4.98 Å². The molecule has 0 atom stereocenters. The maximum atomic E-state index is 12.5. The number of rotatable bonds is 4. The van der Waals surface area contributed by atoms with E-state index in [1.54, 1.807) is 12.1 Å². The van der Waals surface area contributed by atoms with Crippen molar-refractivity contribution in [1.29, 1.82) is 0 Å². The van der Waals surface area contributed by atoms with Crippen LogP contribution >= 0.6 is 11.3 Å². The van der Waals surface area contributed by atoms with Crippen LogP contribution in [0.25, 0.3) is 10.2 Å². The van der Waals surface area contributed by atoms with Gasteiger partial charge in [0, 0.05) is 5.56 Å². The van der Waals surface area contributed by atoms with Gasteiger partial charge in [0.25, 0.3) is 5.91 Å². The lowest BCUT2D eigenvalue weighted by atomic mass is 10.1. The molecule has 3 rings (SSSR count). The molecule has 0 unspecified atom stereocenters. The maximum Gasteiger partial charge on any atom is 0.257 e. The first kappa shape index (κ1) is 16.5. The van der Waals surface area contributed by atoms with Gasteiger partial charge in [0.2, 0.25) is 0 Å². The van der Waals surface area contributed by atoms with Gasteiger partial charge in [-0.2, -0.15) is 0 Å². The molecule has 0 saturated heterocycles. The van der Waals surface area contributed by atoms with Crippen LogP contribution in [-0.2, 0) is 0 Å². The lowest BCUT2D eigenvalue weighted by Crippen LogP contribution is -2.12. The molecule has 4 nitrogen and oxygen atoms in total. The fraction of sp³-hybridized carbons (Fsp3) is 0.263. The summed E-state index contributed by atoms with van der Waals surface area (Å²) >= 11 is 1.50. The van der Waals surface area contributed by atoms with Crippen molar-refractivity contribution < 1.29 is 9.53 Å². The summed E-state index contributed by atoms with van der Waals surface area (Å²) in [6.07, 6.45) is 0.0681. The van der Waals surface area contributed by atoms with Crippen molar-refractivity contribution in [3.63, 3.8) is 0 Å². The molecule has 124 valence electrons.